The zero-order valence-electron chi connectivity index (χ0n) is 10.3. The standard InChI is InChI=1S/C14H16FNO/c1-4-16-8-12(14(17)9(2)3)11-7-10(15)5-6-13(11)16/h5-9H,4H2,1-3H3. The minimum atomic E-state index is -0.302. The fourth-order valence-electron chi connectivity index (χ4n) is 2.04. The van der Waals surface area contributed by atoms with Crippen LogP contribution in [-0.4, -0.2) is 10.4 Å². The SMILES string of the molecule is CCn1cc(C(=O)C(C)C)c2cc(F)ccc21. The van der Waals surface area contributed by atoms with Crippen molar-refractivity contribution in [3.63, 3.8) is 0 Å². The van der Waals surface area contributed by atoms with Crippen LogP contribution in [0.5, 0.6) is 0 Å². The Labute approximate surface area is 100 Å². The molecule has 0 atom stereocenters. The molecule has 2 aromatic rings. The van der Waals surface area contributed by atoms with E-state index in [4.69, 9.17) is 0 Å². The summed E-state index contributed by atoms with van der Waals surface area (Å²) < 4.78 is 15.3. The van der Waals surface area contributed by atoms with Gasteiger partial charge in [0.05, 0.1) is 0 Å². The maximum atomic E-state index is 13.3. The van der Waals surface area contributed by atoms with Crippen LogP contribution < -0.4 is 0 Å². The largest absolute Gasteiger partial charge is 0.347 e. The Morgan fingerprint density at radius 2 is 2.12 bits per heavy atom. The molecule has 0 amide bonds. The summed E-state index contributed by atoms with van der Waals surface area (Å²) in [5.41, 5.74) is 1.54. The molecule has 2 nitrogen and oxygen atoms in total. The van der Waals surface area contributed by atoms with Gasteiger partial charge < -0.3 is 4.57 Å². The number of Topliss-reactive ketones (excluding diaryl/α,β-unsaturated/α-hetero) is 1. The van der Waals surface area contributed by atoms with E-state index in [1.165, 1.54) is 12.1 Å². The second-order valence-electron chi connectivity index (χ2n) is 4.51. The molecule has 0 aliphatic rings. The van der Waals surface area contributed by atoms with E-state index < -0.39 is 0 Å². The van der Waals surface area contributed by atoms with Crippen LogP contribution in [0.4, 0.5) is 4.39 Å². The molecule has 0 unspecified atom stereocenters. The number of hydrogen-bond acceptors (Lipinski definition) is 1. The van der Waals surface area contributed by atoms with Gasteiger partial charge in [0, 0.05) is 35.1 Å². The van der Waals surface area contributed by atoms with Crippen molar-refractivity contribution in [2.24, 2.45) is 5.92 Å². The minimum absolute atomic E-state index is 0.0628. The van der Waals surface area contributed by atoms with Crippen molar-refractivity contribution in [3.8, 4) is 0 Å². The highest BCUT2D eigenvalue weighted by Crippen LogP contribution is 2.24. The summed E-state index contributed by atoms with van der Waals surface area (Å²) in [4.78, 5) is 12.1. The highest BCUT2D eigenvalue weighted by molar-refractivity contribution is 6.08. The van der Waals surface area contributed by atoms with Gasteiger partial charge in [-0.2, -0.15) is 0 Å². The molecule has 90 valence electrons. The Hall–Kier alpha value is -1.64. The molecular formula is C14H16FNO. The average Bonchev–Trinajstić information content (AvgIpc) is 2.65. The molecule has 0 saturated heterocycles. The van der Waals surface area contributed by atoms with Crippen molar-refractivity contribution < 1.29 is 9.18 Å². The Balaban J connectivity index is 2.71. The molecule has 0 fully saturated rings. The number of nitrogens with zero attached hydrogens (tertiary/aromatic N) is 1. The maximum Gasteiger partial charge on any atom is 0.167 e. The molecule has 17 heavy (non-hydrogen) atoms. The summed E-state index contributed by atoms with van der Waals surface area (Å²) in [7, 11) is 0. The summed E-state index contributed by atoms with van der Waals surface area (Å²) in [5.74, 6) is -0.314. The van der Waals surface area contributed by atoms with Crippen LogP contribution in [0.2, 0.25) is 0 Å². The lowest BCUT2D eigenvalue weighted by molar-refractivity contribution is 0.0941. The predicted octanol–water partition coefficient (Wildman–Crippen LogP) is 3.64. The molecule has 0 spiro atoms. The molecule has 0 saturated carbocycles. The van der Waals surface area contributed by atoms with Gasteiger partial charge in [-0.05, 0) is 25.1 Å². The number of hydrogen-bond donors (Lipinski definition) is 0. The van der Waals surface area contributed by atoms with E-state index in [0.717, 1.165) is 12.1 Å². The van der Waals surface area contributed by atoms with Gasteiger partial charge in [0.25, 0.3) is 0 Å². The third-order valence-corrected chi connectivity index (χ3v) is 2.97. The highest BCUT2D eigenvalue weighted by Gasteiger charge is 2.17. The van der Waals surface area contributed by atoms with Crippen molar-refractivity contribution in [1.29, 1.82) is 0 Å². The normalized spacial score (nSPS) is 11.4. The summed E-state index contributed by atoms with van der Waals surface area (Å²) in [5, 5.41) is 0.713. The quantitative estimate of drug-likeness (QED) is 0.742. The lowest BCUT2D eigenvalue weighted by Gasteiger charge is -2.01. The second-order valence-corrected chi connectivity index (χ2v) is 4.51. The molecule has 2 rings (SSSR count). The molecule has 1 aromatic heterocycles. The van der Waals surface area contributed by atoms with Gasteiger partial charge in [-0.15, -0.1) is 0 Å². The Kier molecular flexibility index (Phi) is 3.01. The first-order chi connectivity index (χ1) is 8.04. The Bertz CT molecular complexity index is 569. The number of aromatic nitrogens is 1. The van der Waals surface area contributed by atoms with Crippen LogP contribution >= 0.6 is 0 Å². The molecule has 3 heteroatoms. The number of aryl methyl sites for hydroxylation is 1. The van der Waals surface area contributed by atoms with Gasteiger partial charge in [0.2, 0.25) is 0 Å². The zero-order valence-corrected chi connectivity index (χ0v) is 10.3. The van der Waals surface area contributed by atoms with Gasteiger partial charge in [-0.3, -0.25) is 4.79 Å². The number of carbonyl (C=O) groups is 1. The smallest absolute Gasteiger partial charge is 0.167 e. The number of fused-ring (bicyclic) bond motifs is 1. The van der Waals surface area contributed by atoms with E-state index in [1.807, 2.05) is 31.5 Å². The molecule has 1 heterocycles. The lowest BCUT2D eigenvalue weighted by Crippen LogP contribution is -2.06. The van der Waals surface area contributed by atoms with Gasteiger partial charge in [-0.25, -0.2) is 4.39 Å². The number of rotatable bonds is 3. The van der Waals surface area contributed by atoms with Crippen LogP contribution in [0.25, 0.3) is 10.9 Å². The fraction of sp³-hybridized carbons (Fsp3) is 0.357. The molecular weight excluding hydrogens is 217 g/mol. The van der Waals surface area contributed by atoms with E-state index in [1.54, 1.807) is 6.07 Å². The second kappa shape index (κ2) is 4.32. The van der Waals surface area contributed by atoms with Gasteiger partial charge >= 0.3 is 0 Å². The highest BCUT2D eigenvalue weighted by atomic mass is 19.1. The van der Waals surface area contributed by atoms with Crippen molar-refractivity contribution >= 4 is 16.7 Å². The summed E-state index contributed by atoms with van der Waals surface area (Å²) in [6.07, 6.45) is 1.83. The van der Waals surface area contributed by atoms with Gasteiger partial charge in [-0.1, -0.05) is 13.8 Å². The molecule has 0 N–H and O–H groups in total. The van der Waals surface area contributed by atoms with Gasteiger partial charge in [0.1, 0.15) is 5.82 Å². The van der Waals surface area contributed by atoms with Crippen molar-refractivity contribution in [2.45, 2.75) is 27.3 Å². The predicted molar refractivity (Wildman–Crippen MR) is 66.7 cm³/mol. The van der Waals surface area contributed by atoms with Crippen molar-refractivity contribution in [1.82, 2.24) is 4.57 Å². The topological polar surface area (TPSA) is 22.0 Å². The first-order valence-corrected chi connectivity index (χ1v) is 5.87. The van der Waals surface area contributed by atoms with E-state index in [-0.39, 0.29) is 17.5 Å². The number of carbonyl (C=O) groups excluding carboxylic acids is 1. The molecule has 1 aromatic carbocycles. The van der Waals surface area contributed by atoms with Crippen molar-refractivity contribution in [2.75, 3.05) is 0 Å². The monoisotopic (exact) mass is 233 g/mol. The van der Waals surface area contributed by atoms with Crippen LogP contribution in [0.1, 0.15) is 31.1 Å². The molecule has 0 radical (unpaired) electrons. The molecule has 0 aliphatic carbocycles. The number of ketones is 1. The van der Waals surface area contributed by atoms with Crippen molar-refractivity contribution in [3.05, 3.63) is 35.8 Å². The van der Waals surface area contributed by atoms with Crippen LogP contribution in [0.15, 0.2) is 24.4 Å². The lowest BCUT2D eigenvalue weighted by atomic mass is 10.0. The summed E-state index contributed by atoms with van der Waals surface area (Å²) in [6.45, 7) is 6.49. The summed E-state index contributed by atoms with van der Waals surface area (Å²) in [6, 6.07) is 4.60. The van der Waals surface area contributed by atoms with Crippen LogP contribution in [0.3, 0.4) is 0 Å². The minimum Gasteiger partial charge on any atom is -0.347 e. The summed E-state index contributed by atoms with van der Waals surface area (Å²) >= 11 is 0. The zero-order chi connectivity index (χ0) is 12.6. The fourth-order valence-corrected chi connectivity index (χ4v) is 2.04. The third-order valence-electron chi connectivity index (χ3n) is 2.97. The van der Waals surface area contributed by atoms with E-state index in [0.29, 0.717) is 10.9 Å². The Morgan fingerprint density at radius 1 is 1.41 bits per heavy atom. The number of benzene rings is 1. The van der Waals surface area contributed by atoms with Crippen LogP contribution in [-0.2, 0) is 6.54 Å². The maximum absolute atomic E-state index is 13.3. The van der Waals surface area contributed by atoms with Crippen LogP contribution in [0, 0.1) is 11.7 Å². The average molecular weight is 233 g/mol. The van der Waals surface area contributed by atoms with Gasteiger partial charge in [0.15, 0.2) is 5.78 Å². The van der Waals surface area contributed by atoms with E-state index in [9.17, 15) is 9.18 Å². The third kappa shape index (κ3) is 1.97. The number of halogens is 1. The van der Waals surface area contributed by atoms with E-state index >= 15 is 0 Å². The first kappa shape index (κ1) is 11.8. The first-order valence-electron chi connectivity index (χ1n) is 5.87. The molecule has 0 bridgehead atoms. The Morgan fingerprint density at radius 3 is 2.71 bits per heavy atom. The molecule has 0 aliphatic heterocycles. The van der Waals surface area contributed by atoms with E-state index in [2.05, 4.69) is 0 Å².